The Bertz CT molecular complexity index is 1340. The van der Waals surface area contributed by atoms with Crippen LogP contribution in [-0.2, 0) is 14.8 Å². The van der Waals surface area contributed by atoms with Crippen molar-refractivity contribution in [2.45, 2.75) is 18.7 Å². The number of nitrogens with zero attached hydrogens (tertiary/aromatic N) is 2. The average molecular weight is 544 g/mol. The first-order valence-electron chi connectivity index (χ1n) is 10.3. The summed E-state index contributed by atoms with van der Waals surface area (Å²) in [5.74, 6) is 0.598. The van der Waals surface area contributed by atoms with E-state index in [1.807, 2.05) is 19.9 Å². The number of rotatable bonds is 7. The zero-order valence-electron chi connectivity index (χ0n) is 18.5. The SMILES string of the molecule is Cc1cc(C)cc(N(CC(=O)NN=Cc2cc3c(cc2Br)OCO3)S(=O)(=O)c2ccccc2)c1. The summed E-state index contributed by atoms with van der Waals surface area (Å²) in [5, 5.41) is 3.99. The number of ether oxygens (including phenoxy) is 2. The molecule has 0 radical (unpaired) electrons. The van der Waals surface area contributed by atoms with E-state index in [1.54, 1.807) is 42.5 Å². The summed E-state index contributed by atoms with van der Waals surface area (Å²) in [5.41, 5.74) is 5.24. The van der Waals surface area contributed by atoms with Crippen molar-refractivity contribution < 1.29 is 22.7 Å². The third kappa shape index (κ3) is 5.23. The molecule has 1 heterocycles. The van der Waals surface area contributed by atoms with Gasteiger partial charge in [-0.2, -0.15) is 5.10 Å². The smallest absolute Gasteiger partial charge is 0.264 e. The van der Waals surface area contributed by atoms with Gasteiger partial charge in [0.25, 0.3) is 15.9 Å². The Morgan fingerprint density at radius 1 is 1.06 bits per heavy atom. The molecule has 0 spiro atoms. The molecule has 1 aliphatic heterocycles. The summed E-state index contributed by atoms with van der Waals surface area (Å²) in [6, 6.07) is 16.9. The van der Waals surface area contributed by atoms with Crippen molar-refractivity contribution in [3.05, 3.63) is 81.8 Å². The number of benzene rings is 3. The first kappa shape index (κ1) is 23.8. The Kier molecular flexibility index (Phi) is 6.90. The number of carbonyl (C=O) groups is 1. The van der Waals surface area contributed by atoms with Crippen molar-refractivity contribution >= 4 is 43.8 Å². The molecule has 0 fully saturated rings. The number of aryl methyl sites for hydroxylation is 2. The number of carbonyl (C=O) groups excluding carboxylic acids is 1. The molecule has 0 aliphatic carbocycles. The third-order valence-electron chi connectivity index (χ3n) is 5.00. The molecule has 3 aromatic carbocycles. The number of anilines is 1. The lowest BCUT2D eigenvalue weighted by Crippen LogP contribution is -2.39. The minimum atomic E-state index is -3.99. The van der Waals surface area contributed by atoms with Gasteiger partial charge in [-0.1, -0.05) is 24.3 Å². The van der Waals surface area contributed by atoms with Crippen molar-refractivity contribution in [3.8, 4) is 11.5 Å². The van der Waals surface area contributed by atoms with Crippen LogP contribution in [0.4, 0.5) is 5.69 Å². The van der Waals surface area contributed by atoms with Crippen LogP contribution < -0.4 is 19.2 Å². The van der Waals surface area contributed by atoms with E-state index in [4.69, 9.17) is 9.47 Å². The maximum atomic E-state index is 13.4. The van der Waals surface area contributed by atoms with E-state index in [0.29, 0.717) is 27.2 Å². The Labute approximate surface area is 206 Å². The molecular formula is C24H22BrN3O5S. The zero-order valence-corrected chi connectivity index (χ0v) is 20.9. The maximum absolute atomic E-state index is 13.4. The van der Waals surface area contributed by atoms with Gasteiger partial charge in [-0.15, -0.1) is 0 Å². The first-order valence-corrected chi connectivity index (χ1v) is 12.5. The van der Waals surface area contributed by atoms with Crippen molar-refractivity contribution in [1.29, 1.82) is 0 Å². The summed E-state index contributed by atoms with van der Waals surface area (Å²) < 4.78 is 39.3. The van der Waals surface area contributed by atoms with Gasteiger partial charge >= 0.3 is 0 Å². The highest BCUT2D eigenvalue weighted by Gasteiger charge is 2.27. The average Bonchev–Trinajstić information content (AvgIpc) is 3.24. The van der Waals surface area contributed by atoms with Crippen molar-refractivity contribution in [3.63, 3.8) is 0 Å². The lowest BCUT2D eigenvalue weighted by Gasteiger charge is -2.24. The third-order valence-corrected chi connectivity index (χ3v) is 7.47. The van der Waals surface area contributed by atoms with Gasteiger partial charge in [-0.25, -0.2) is 13.8 Å². The number of nitrogens with one attached hydrogen (secondary N) is 1. The van der Waals surface area contributed by atoms with Gasteiger partial charge in [-0.05, 0) is 77.3 Å². The van der Waals surface area contributed by atoms with Gasteiger partial charge in [0, 0.05) is 10.0 Å². The monoisotopic (exact) mass is 543 g/mol. The molecule has 176 valence electrons. The van der Waals surface area contributed by atoms with E-state index in [9.17, 15) is 13.2 Å². The fraction of sp³-hybridized carbons (Fsp3) is 0.167. The van der Waals surface area contributed by atoms with Crippen molar-refractivity contribution in [2.75, 3.05) is 17.6 Å². The molecular weight excluding hydrogens is 522 g/mol. The molecule has 4 rings (SSSR count). The molecule has 0 unspecified atom stereocenters. The van der Waals surface area contributed by atoms with Crippen LogP contribution >= 0.6 is 15.9 Å². The van der Waals surface area contributed by atoms with E-state index < -0.39 is 22.5 Å². The van der Waals surface area contributed by atoms with Crippen LogP contribution in [0.3, 0.4) is 0 Å². The Hall–Kier alpha value is -3.37. The van der Waals surface area contributed by atoms with E-state index in [-0.39, 0.29) is 11.7 Å². The van der Waals surface area contributed by atoms with Gasteiger partial charge < -0.3 is 9.47 Å². The number of halogens is 1. The molecule has 0 aromatic heterocycles. The second-order valence-electron chi connectivity index (χ2n) is 7.69. The normalized spacial score (nSPS) is 12.7. The van der Waals surface area contributed by atoms with Gasteiger partial charge in [0.1, 0.15) is 6.54 Å². The molecule has 0 atom stereocenters. The predicted molar refractivity (Wildman–Crippen MR) is 133 cm³/mol. The molecule has 34 heavy (non-hydrogen) atoms. The summed E-state index contributed by atoms with van der Waals surface area (Å²) >= 11 is 3.43. The molecule has 0 bridgehead atoms. The highest BCUT2D eigenvalue weighted by Crippen LogP contribution is 2.36. The molecule has 1 amide bonds. The number of hydrogen-bond donors (Lipinski definition) is 1. The zero-order chi connectivity index (χ0) is 24.3. The van der Waals surface area contributed by atoms with Crippen LogP contribution in [0.5, 0.6) is 11.5 Å². The van der Waals surface area contributed by atoms with Crippen LogP contribution in [0.2, 0.25) is 0 Å². The molecule has 0 saturated carbocycles. The number of amides is 1. The molecule has 10 heteroatoms. The minimum Gasteiger partial charge on any atom is -0.454 e. The second-order valence-corrected chi connectivity index (χ2v) is 10.4. The van der Waals surface area contributed by atoms with Crippen LogP contribution in [0.25, 0.3) is 0 Å². The first-order chi connectivity index (χ1) is 16.2. The van der Waals surface area contributed by atoms with Gasteiger partial charge in [0.2, 0.25) is 6.79 Å². The summed E-state index contributed by atoms with van der Waals surface area (Å²) in [7, 11) is -3.99. The molecule has 1 N–H and O–H groups in total. The van der Waals surface area contributed by atoms with E-state index in [2.05, 4.69) is 26.5 Å². The highest BCUT2D eigenvalue weighted by atomic mass is 79.9. The minimum absolute atomic E-state index is 0.0924. The Morgan fingerprint density at radius 2 is 1.71 bits per heavy atom. The van der Waals surface area contributed by atoms with E-state index >= 15 is 0 Å². The van der Waals surface area contributed by atoms with Crippen molar-refractivity contribution in [2.24, 2.45) is 5.10 Å². The fourth-order valence-corrected chi connectivity index (χ4v) is 5.35. The largest absolute Gasteiger partial charge is 0.454 e. The topological polar surface area (TPSA) is 97.3 Å². The number of fused-ring (bicyclic) bond motifs is 1. The van der Waals surface area contributed by atoms with Gasteiger partial charge in [-0.3, -0.25) is 9.10 Å². The Balaban J connectivity index is 1.57. The van der Waals surface area contributed by atoms with Crippen LogP contribution in [-0.4, -0.2) is 33.9 Å². The van der Waals surface area contributed by atoms with Gasteiger partial charge in [0.15, 0.2) is 11.5 Å². The Morgan fingerprint density at radius 3 is 2.38 bits per heavy atom. The van der Waals surface area contributed by atoms with E-state index in [1.165, 1.54) is 18.3 Å². The number of hydrogen-bond acceptors (Lipinski definition) is 6. The predicted octanol–water partition coefficient (Wildman–Crippen LogP) is 4.14. The second kappa shape index (κ2) is 9.86. The summed E-state index contributed by atoms with van der Waals surface area (Å²) in [4.78, 5) is 12.8. The van der Waals surface area contributed by atoms with Crippen LogP contribution in [0.1, 0.15) is 16.7 Å². The maximum Gasteiger partial charge on any atom is 0.264 e. The standard InChI is InChI=1S/C24H22BrN3O5S/c1-16-8-17(2)10-19(9-16)28(34(30,31)20-6-4-3-5-7-20)14-24(29)27-26-13-18-11-22-23(12-21(18)25)33-15-32-22/h3-13H,14-15H2,1-2H3,(H,27,29). The summed E-state index contributed by atoms with van der Waals surface area (Å²) in [6.45, 7) is 3.44. The highest BCUT2D eigenvalue weighted by molar-refractivity contribution is 9.10. The van der Waals surface area contributed by atoms with Crippen LogP contribution in [0, 0.1) is 13.8 Å². The molecule has 1 aliphatic rings. The van der Waals surface area contributed by atoms with Crippen LogP contribution in [0.15, 0.2) is 75.1 Å². The van der Waals surface area contributed by atoms with Gasteiger partial charge in [0.05, 0.1) is 16.8 Å². The number of sulfonamides is 1. The summed E-state index contributed by atoms with van der Waals surface area (Å²) in [6.07, 6.45) is 1.44. The quantitative estimate of drug-likeness (QED) is 0.356. The number of hydrazone groups is 1. The molecule has 3 aromatic rings. The lowest BCUT2D eigenvalue weighted by molar-refractivity contribution is -0.119. The molecule has 0 saturated heterocycles. The lowest BCUT2D eigenvalue weighted by atomic mass is 10.1. The molecule has 8 nitrogen and oxygen atoms in total. The van der Waals surface area contributed by atoms with Crippen molar-refractivity contribution in [1.82, 2.24) is 5.43 Å². The fourth-order valence-electron chi connectivity index (χ4n) is 3.50. The van der Waals surface area contributed by atoms with E-state index in [0.717, 1.165) is 15.4 Å².